The SMILES string of the molecule is CCCC1(CNCC(CC)CC)CCCNC1. The molecule has 102 valence electrons. The van der Waals surface area contributed by atoms with E-state index in [1.165, 1.54) is 64.7 Å². The molecule has 1 rings (SSSR count). The number of hydrogen-bond donors (Lipinski definition) is 2. The predicted octanol–water partition coefficient (Wildman–Crippen LogP) is 3.18. The molecule has 1 heterocycles. The maximum absolute atomic E-state index is 3.74. The summed E-state index contributed by atoms with van der Waals surface area (Å²) in [6.07, 6.45) is 8.06. The second-order valence-corrected chi connectivity index (χ2v) is 5.84. The molecule has 0 spiro atoms. The van der Waals surface area contributed by atoms with E-state index >= 15 is 0 Å². The number of rotatable bonds is 8. The first-order valence-corrected chi connectivity index (χ1v) is 7.67. The molecule has 17 heavy (non-hydrogen) atoms. The summed E-state index contributed by atoms with van der Waals surface area (Å²) in [5.41, 5.74) is 0.541. The Morgan fingerprint density at radius 1 is 1.24 bits per heavy atom. The Morgan fingerprint density at radius 3 is 2.53 bits per heavy atom. The molecule has 2 N–H and O–H groups in total. The molecule has 2 heteroatoms. The summed E-state index contributed by atoms with van der Waals surface area (Å²) in [4.78, 5) is 0. The third-order valence-corrected chi connectivity index (χ3v) is 4.43. The predicted molar refractivity (Wildman–Crippen MR) is 76.4 cm³/mol. The quantitative estimate of drug-likeness (QED) is 0.681. The van der Waals surface area contributed by atoms with Crippen molar-refractivity contribution in [3.8, 4) is 0 Å². The first-order chi connectivity index (χ1) is 8.26. The molecule has 1 atom stereocenters. The van der Waals surface area contributed by atoms with E-state index in [1.54, 1.807) is 0 Å². The van der Waals surface area contributed by atoms with E-state index in [2.05, 4.69) is 31.4 Å². The minimum atomic E-state index is 0.541. The normalized spacial score (nSPS) is 25.4. The Labute approximate surface area is 108 Å². The molecular weight excluding hydrogens is 208 g/mol. The van der Waals surface area contributed by atoms with Gasteiger partial charge in [0.2, 0.25) is 0 Å². The lowest BCUT2D eigenvalue weighted by atomic mass is 9.77. The van der Waals surface area contributed by atoms with E-state index in [4.69, 9.17) is 0 Å². The highest BCUT2D eigenvalue weighted by Crippen LogP contribution is 2.30. The van der Waals surface area contributed by atoms with Crippen LogP contribution >= 0.6 is 0 Å². The lowest BCUT2D eigenvalue weighted by molar-refractivity contribution is 0.179. The van der Waals surface area contributed by atoms with Gasteiger partial charge in [-0.25, -0.2) is 0 Å². The van der Waals surface area contributed by atoms with Gasteiger partial charge >= 0.3 is 0 Å². The molecule has 2 nitrogen and oxygen atoms in total. The molecule has 1 saturated heterocycles. The Balaban J connectivity index is 2.33. The summed E-state index contributed by atoms with van der Waals surface area (Å²) in [5.74, 6) is 0.866. The van der Waals surface area contributed by atoms with Crippen molar-refractivity contribution in [2.45, 2.75) is 59.3 Å². The summed E-state index contributed by atoms with van der Waals surface area (Å²) in [6, 6.07) is 0. The molecule has 0 aromatic carbocycles. The van der Waals surface area contributed by atoms with Crippen molar-refractivity contribution < 1.29 is 0 Å². The molecule has 1 fully saturated rings. The molecule has 0 aliphatic carbocycles. The van der Waals surface area contributed by atoms with Crippen molar-refractivity contribution in [1.29, 1.82) is 0 Å². The van der Waals surface area contributed by atoms with E-state index < -0.39 is 0 Å². The molecule has 0 aromatic heterocycles. The Kier molecular flexibility index (Phi) is 7.14. The van der Waals surface area contributed by atoms with E-state index in [9.17, 15) is 0 Å². The number of piperidine rings is 1. The average Bonchev–Trinajstić information content (AvgIpc) is 2.36. The van der Waals surface area contributed by atoms with Crippen molar-refractivity contribution in [3.63, 3.8) is 0 Å². The van der Waals surface area contributed by atoms with Crippen molar-refractivity contribution >= 4 is 0 Å². The van der Waals surface area contributed by atoms with Crippen molar-refractivity contribution in [2.24, 2.45) is 11.3 Å². The molecule has 0 amide bonds. The van der Waals surface area contributed by atoms with Crippen LogP contribution in [-0.2, 0) is 0 Å². The minimum Gasteiger partial charge on any atom is -0.316 e. The monoisotopic (exact) mass is 240 g/mol. The van der Waals surface area contributed by atoms with Crippen LogP contribution in [0.25, 0.3) is 0 Å². The molecule has 0 aromatic rings. The lowest BCUT2D eigenvalue weighted by Crippen LogP contribution is -2.47. The van der Waals surface area contributed by atoms with Crippen LogP contribution in [0.4, 0.5) is 0 Å². The summed E-state index contributed by atoms with van der Waals surface area (Å²) in [6.45, 7) is 11.8. The van der Waals surface area contributed by atoms with Gasteiger partial charge in [0.05, 0.1) is 0 Å². The molecule has 0 saturated carbocycles. The second kappa shape index (κ2) is 8.10. The largest absolute Gasteiger partial charge is 0.316 e. The van der Waals surface area contributed by atoms with Crippen LogP contribution in [0.3, 0.4) is 0 Å². The Hall–Kier alpha value is -0.0800. The van der Waals surface area contributed by atoms with Gasteiger partial charge in [-0.15, -0.1) is 0 Å². The van der Waals surface area contributed by atoms with Crippen LogP contribution in [0, 0.1) is 11.3 Å². The zero-order valence-corrected chi connectivity index (χ0v) is 12.1. The van der Waals surface area contributed by atoms with E-state index in [0.717, 1.165) is 5.92 Å². The zero-order valence-electron chi connectivity index (χ0n) is 12.1. The van der Waals surface area contributed by atoms with Gasteiger partial charge in [-0.3, -0.25) is 0 Å². The van der Waals surface area contributed by atoms with Crippen LogP contribution in [0.15, 0.2) is 0 Å². The van der Waals surface area contributed by atoms with Gasteiger partial charge in [-0.2, -0.15) is 0 Å². The fourth-order valence-corrected chi connectivity index (χ4v) is 3.13. The number of hydrogen-bond acceptors (Lipinski definition) is 2. The van der Waals surface area contributed by atoms with E-state index in [1.807, 2.05) is 0 Å². The summed E-state index contributed by atoms with van der Waals surface area (Å²) in [5, 5.41) is 7.33. The topological polar surface area (TPSA) is 24.1 Å². The van der Waals surface area contributed by atoms with Gasteiger partial charge in [-0.1, -0.05) is 40.0 Å². The van der Waals surface area contributed by atoms with Crippen molar-refractivity contribution in [2.75, 3.05) is 26.2 Å². The Morgan fingerprint density at radius 2 is 2.00 bits per heavy atom. The van der Waals surface area contributed by atoms with Crippen LogP contribution in [0.1, 0.15) is 59.3 Å². The van der Waals surface area contributed by atoms with Gasteiger partial charge < -0.3 is 10.6 Å². The maximum atomic E-state index is 3.74. The van der Waals surface area contributed by atoms with Crippen LogP contribution in [0.2, 0.25) is 0 Å². The minimum absolute atomic E-state index is 0.541. The van der Waals surface area contributed by atoms with Gasteiger partial charge in [-0.05, 0) is 43.7 Å². The fourth-order valence-electron chi connectivity index (χ4n) is 3.13. The van der Waals surface area contributed by atoms with Crippen LogP contribution in [0.5, 0.6) is 0 Å². The van der Waals surface area contributed by atoms with Gasteiger partial charge in [0.25, 0.3) is 0 Å². The Bertz CT molecular complexity index is 176. The average molecular weight is 240 g/mol. The molecular formula is C15H32N2. The van der Waals surface area contributed by atoms with E-state index in [0.29, 0.717) is 5.41 Å². The molecule has 0 bridgehead atoms. The van der Waals surface area contributed by atoms with Gasteiger partial charge in [0.15, 0.2) is 0 Å². The summed E-state index contributed by atoms with van der Waals surface area (Å²) in [7, 11) is 0. The third-order valence-electron chi connectivity index (χ3n) is 4.43. The lowest BCUT2D eigenvalue weighted by Gasteiger charge is -2.38. The smallest absolute Gasteiger partial charge is 0.00201 e. The first-order valence-electron chi connectivity index (χ1n) is 7.67. The number of nitrogens with one attached hydrogen (secondary N) is 2. The maximum Gasteiger partial charge on any atom is 0.00201 e. The highest BCUT2D eigenvalue weighted by Gasteiger charge is 2.30. The molecule has 1 unspecified atom stereocenters. The zero-order chi connectivity index (χ0) is 12.6. The van der Waals surface area contributed by atoms with Crippen molar-refractivity contribution in [3.05, 3.63) is 0 Å². The highest BCUT2D eigenvalue weighted by atomic mass is 14.9. The summed E-state index contributed by atoms with van der Waals surface area (Å²) >= 11 is 0. The van der Waals surface area contributed by atoms with Gasteiger partial charge in [0.1, 0.15) is 0 Å². The van der Waals surface area contributed by atoms with Crippen LogP contribution < -0.4 is 10.6 Å². The standard InChI is InChI=1S/C15H32N2/c1-4-8-15(9-7-10-16-12-15)13-17-11-14(5-2)6-3/h14,16-17H,4-13H2,1-3H3. The fraction of sp³-hybridized carbons (Fsp3) is 1.00. The summed E-state index contributed by atoms with van der Waals surface area (Å²) < 4.78 is 0. The molecule has 1 aliphatic rings. The van der Waals surface area contributed by atoms with E-state index in [-0.39, 0.29) is 0 Å². The molecule has 1 aliphatic heterocycles. The van der Waals surface area contributed by atoms with Gasteiger partial charge in [0, 0.05) is 13.1 Å². The second-order valence-electron chi connectivity index (χ2n) is 5.84. The van der Waals surface area contributed by atoms with Crippen LogP contribution in [-0.4, -0.2) is 26.2 Å². The first kappa shape index (κ1) is 15.0. The third kappa shape index (κ3) is 4.97. The highest BCUT2D eigenvalue weighted by molar-refractivity contribution is 4.87. The van der Waals surface area contributed by atoms with Crippen molar-refractivity contribution in [1.82, 2.24) is 10.6 Å². The molecule has 0 radical (unpaired) electrons.